The zero-order valence-electron chi connectivity index (χ0n) is 23.5. The van der Waals surface area contributed by atoms with Crippen molar-refractivity contribution < 1.29 is 56.8 Å². The van der Waals surface area contributed by atoms with Gasteiger partial charge in [0.2, 0.25) is 0 Å². The maximum absolute atomic E-state index is 5.59. The highest BCUT2D eigenvalue weighted by Crippen LogP contribution is 2.14. The Kier molecular flexibility index (Phi) is 24.8. The standard InChI is InChI=1S/C24H45N3O12/c1-28-4-7-31-10-13-34-16-19-37-22-25-23(38-20-17-35-14-11-32-8-5-29-2)27-24(26-22)39-21-18-36-15-12-33-9-6-30-3/h4-21H2,1-3H3. The van der Waals surface area contributed by atoms with Crippen LogP contribution in [-0.2, 0) is 42.6 Å². The average Bonchev–Trinajstić information content (AvgIpc) is 2.94. The molecule has 15 nitrogen and oxygen atoms in total. The number of methoxy groups -OCH3 is 3. The number of rotatable bonds is 30. The summed E-state index contributed by atoms with van der Waals surface area (Å²) in [5, 5.41) is 0. The molecule has 1 aromatic rings. The molecule has 0 spiro atoms. The van der Waals surface area contributed by atoms with E-state index in [1.54, 1.807) is 21.3 Å². The Bertz CT molecular complexity index is 565. The van der Waals surface area contributed by atoms with E-state index in [-0.39, 0.29) is 37.9 Å². The number of hydrogen-bond donors (Lipinski definition) is 0. The first-order valence-electron chi connectivity index (χ1n) is 12.9. The second kappa shape index (κ2) is 27.6. The molecule has 0 aromatic carbocycles. The van der Waals surface area contributed by atoms with E-state index < -0.39 is 0 Å². The number of aromatic nitrogens is 3. The lowest BCUT2D eigenvalue weighted by Gasteiger charge is -2.11. The topological polar surface area (TPSA) is 149 Å². The van der Waals surface area contributed by atoms with Crippen molar-refractivity contribution >= 4 is 0 Å². The summed E-state index contributed by atoms with van der Waals surface area (Å²) in [6, 6.07) is 0.152. The highest BCUT2D eigenvalue weighted by atomic mass is 16.6. The molecular formula is C24H45N3O12. The van der Waals surface area contributed by atoms with E-state index in [0.717, 1.165) is 0 Å². The zero-order chi connectivity index (χ0) is 28.1. The smallest absolute Gasteiger partial charge is 0.325 e. The van der Waals surface area contributed by atoms with Gasteiger partial charge >= 0.3 is 18.0 Å². The largest absolute Gasteiger partial charge is 0.461 e. The van der Waals surface area contributed by atoms with Gasteiger partial charge in [0.15, 0.2) is 0 Å². The monoisotopic (exact) mass is 567 g/mol. The van der Waals surface area contributed by atoms with Crippen LogP contribution in [0.15, 0.2) is 0 Å². The van der Waals surface area contributed by atoms with Gasteiger partial charge in [0.25, 0.3) is 0 Å². The SMILES string of the molecule is COCCOCCOCCOc1nc(OCCOCCOCCOC)nc(OCCOCCOCCOC)n1. The first-order valence-corrected chi connectivity index (χ1v) is 12.9. The first-order chi connectivity index (χ1) is 19.3. The van der Waals surface area contributed by atoms with Crippen LogP contribution in [-0.4, -0.2) is 155 Å². The van der Waals surface area contributed by atoms with Crippen molar-refractivity contribution in [3.63, 3.8) is 0 Å². The molecular weight excluding hydrogens is 522 g/mol. The molecule has 0 fully saturated rings. The molecule has 0 aliphatic heterocycles. The highest BCUT2D eigenvalue weighted by molar-refractivity contribution is 5.09. The Labute approximate surface area is 230 Å². The van der Waals surface area contributed by atoms with Gasteiger partial charge in [-0.3, -0.25) is 0 Å². The van der Waals surface area contributed by atoms with Crippen molar-refractivity contribution in [1.82, 2.24) is 15.0 Å². The van der Waals surface area contributed by atoms with Crippen LogP contribution in [0.3, 0.4) is 0 Å². The Balaban J connectivity index is 2.38. The summed E-state index contributed by atoms with van der Waals surface area (Å²) in [7, 11) is 4.87. The Morgan fingerprint density at radius 1 is 0.308 bits per heavy atom. The van der Waals surface area contributed by atoms with Crippen LogP contribution in [0.25, 0.3) is 0 Å². The summed E-state index contributed by atoms with van der Waals surface area (Å²) in [5.74, 6) is 0. The predicted octanol–water partition coefficient (Wildman–Crippen LogP) is 0.0468. The Morgan fingerprint density at radius 2 is 0.513 bits per heavy atom. The van der Waals surface area contributed by atoms with Gasteiger partial charge in [0.1, 0.15) is 19.8 Å². The number of nitrogens with zero attached hydrogens (tertiary/aromatic N) is 3. The molecule has 1 aromatic heterocycles. The van der Waals surface area contributed by atoms with E-state index in [1.807, 2.05) is 0 Å². The molecule has 0 N–H and O–H groups in total. The lowest BCUT2D eigenvalue weighted by Crippen LogP contribution is -2.16. The van der Waals surface area contributed by atoms with E-state index in [4.69, 9.17) is 56.8 Å². The first kappa shape index (κ1) is 35.1. The minimum Gasteiger partial charge on any atom is -0.461 e. The van der Waals surface area contributed by atoms with Crippen LogP contribution in [0.1, 0.15) is 0 Å². The third-order valence-electron chi connectivity index (χ3n) is 4.36. The zero-order valence-corrected chi connectivity index (χ0v) is 23.5. The van der Waals surface area contributed by atoms with Crippen molar-refractivity contribution in [2.45, 2.75) is 0 Å². The van der Waals surface area contributed by atoms with Crippen LogP contribution in [0.2, 0.25) is 0 Å². The van der Waals surface area contributed by atoms with Gasteiger partial charge in [0, 0.05) is 21.3 Å². The van der Waals surface area contributed by atoms with E-state index in [2.05, 4.69) is 15.0 Å². The van der Waals surface area contributed by atoms with Crippen molar-refractivity contribution in [1.29, 1.82) is 0 Å². The minimum absolute atomic E-state index is 0.0508. The normalized spacial score (nSPS) is 11.2. The summed E-state index contributed by atoms with van der Waals surface area (Å²) in [6.45, 7) is 7.53. The fraction of sp³-hybridized carbons (Fsp3) is 0.875. The molecule has 228 valence electrons. The van der Waals surface area contributed by atoms with E-state index in [9.17, 15) is 0 Å². The molecule has 0 atom stereocenters. The van der Waals surface area contributed by atoms with Crippen molar-refractivity contribution in [2.24, 2.45) is 0 Å². The molecule has 15 heteroatoms. The lowest BCUT2D eigenvalue weighted by molar-refractivity contribution is 0.0150. The van der Waals surface area contributed by atoms with Crippen LogP contribution >= 0.6 is 0 Å². The van der Waals surface area contributed by atoms with Crippen LogP contribution in [0.4, 0.5) is 0 Å². The molecule has 0 unspecified atom stereocenters. The van der Waals surface area contributed by atoms with Crippen molar-refractivity contribution in [2.75, 3.05) is 140 Å². The maximum Gasteiger partial charge on any atom is 0.325 e. The molecule has 1 heterocycles. The van der Waals surface area contributed by atoms with Crippen LogP contribution in [0.5, 0.6) is 18.0 Å². The average molecular weight is 568 g/mol. The molecule has 0 aliphatic carbocycles. The molecule has 0 aliphatic rings. The van der Waals surface area contributed by atoms with Gasteiger partial charge in [-0.2, -0.15) is 0 Å². The van der Waals surface area contributed by atoms with Gasteiger partial charge in [-0.05, 0) is 0 Å². The molecule has 0 amide bonds. The third-order valence-corrected chi connectivity index (χ3v) is 4.36. The lowest BCUT2D eigenvalue weighted by atomic mass is 10.7. The van der Waals surface area contributed by atoms with E-state index >= 15 is 0 Å². The summed E-state index contributed by atoms with van der Waals surface area (Å²) < 4.78 is 63.9. The van der Waals surface area contributed by atoms with Gasteiger partial charge in [0.05, 0.1) is 99.1 Å². The van der Waals surface area contributed by atoms with Gasteiger partial charge < -0.3 is 56.8 Å². The third kappa shape index (κ3) is 22.6. The molecule has 0 saturated carbocycles. The van der Waals surface area contributed by atoms with E-state index in [0.29, 0.717) is 99.1 Å². The molecule has 39 heavy (non-hydrogen) atoms. The Hall–Kier alpha value is -1.95. The predicted molar refractivity (Wildman–Crippen MR) is 137 cm³/mol. The number of ether oxygens (including phenoxy) is 12. The highest BCUT2D eigenvalue weighted by Gasteiger charge is 2.10. The van der Waals surface area contributed by atoms with Crippen LogP contribution < -0.4 is 14.2 Å². The Morgan fingerprint density at radius 3 is 0.744 bits per heavy atom. The fourth-order valence-corrected chi connectivity index (χ4v) is 2.48. The van der Waals surface area contributed by atoms with Gasteiger partial charge in [-0.15, -0.1) is 15.0 Å². The second-order valence-corrected chi connectivity index (χ2v) is 7.38. The molecule has 0 saturated heterocycles. The summed E-state index contributed by atoms with van der Waals surface area (Å²) in [5.41, 5.74) is 0. The van der Waals surface area contributed by atoms with E-state index in [1.165, 1.54) is 0 Å². The van der Waals surface area contributed by atoms with Gasteiger partial charge in [-0.1, -0.05) is 0 Å². The van der Waals surface area contributed by atoms with Crippen LogP contribution in [0, 0.1) is 0 Å². The molecule has 1 rings (SSSR count). The molecule has 0 bridgehead atoms. The fourth-order valence-electron chi connectivity index (χ4n) is 2.48. The summed E-state index contributed by atoms with van der Waals surface area (Å²) in [4.78, 5) is 12.5. The maximum atomic E-state index is 5.59. The number of hydrogen-bond acceptors (Lipinski definition) is 15. The van der Waals surface area contributed by atoms with Crippen molar-refractivity contribution in [3.8, 4) is 18.0 Å². The second-order valence-electron chi connectivity index (χ2n) is 7.38. The summed E-state index contributed by atoms with van der Waals surface area (Å²) in [6.07, 6.45) is 0. The van der Waals surface area contributed by atoms with Gasteiger partial charge in [-0.25, -0.2) is 0 Å². The van der Waals surface area contributed by atoms with Crippen molar-refractivity contribution in [3.05, 3.63) is 0 Å². The molecule has 0 radical (unpaired) electrons. The minimum atomic E-state index is 0.0508. The quantitative estimate of drug-likeness (QED) is 0.115. The summed E-state index contributed by atoms with van der Waals surface area (Å²) >= 11 is 0.